The van der Waals surface area contributed by atoms with E-state index in [0.717, 1.165) is 12.6 Å². The van der Waals surface area contributed by atoms with Crippen molar-refractivity contribution in [1.82, 2.24) is 0 Å². The number of carbonyl (C=O) groups is 2. The topological polar surface area (TPSA) is 74.6 Å². The maximum Gasteiger partial charge on any atom is 0.330 e. The van der Waals surface area contributed by atoms with Crippen LogP contribution in [0, 0.1) is 5.92 Å². The molecule has 1 aliphatic carbocycles. The van der Waals surface area contributed by atoms with Crippen molar-refractivity contribution in [2.75, 3.05) is 0 Å². The third-order valence-corrected chi connectivity index (χ3v) is 3.35. The van der Waals surface area contributed by atoms with Gasteiger partial charge in [0.15, 0.2) is 0 Å². The molecule has 1 aliphatic heterocycles. The minimum Gasteiger partial charge on any atom is -0.481 e. The van der Waals surface area contributed by atoms with Gasteiger partial charge in [-0.3, -0.25) is 4.79 Å². The van der Waals surface area contributed by atoms with Gasteiger partial charge in [0.05, 0.1) is 5.92 Å². The molecule has 1 heterocycles. The molecule has 2 unspecified atom stereocenters. The van der Waals surface area contributed by atoms with Crippen LogP contribution in [-0.2, 0) is 9.59 Å². The predicted octanol–water partition coefficient (Wildman–Crippen LogP) is 1.37. The van der Waals surface area contributed by atoms with Gasteiger partial charge in [0.1, 0.15) is 6.71 Å². The summed E-state index contributed by atoms with van der Waals surface area (Å²) in [6.45, 7) is 0.412. The van der Waals surface area contributed by atoms with Crippen molar-refractivity contribution in [3.05, 3.63) is 11.6 Å². The molecule has 0 aromatic carbocycles. The van der Waals surface area contributed by atoms with Crippen molar-refractivity contribution in [2.24, 2.45) is 5.92 Å². The van der Waals surface area contributed by atoms with Crippen LogP contribution in [0.4, 0.5) is 0 Å². The maximum atomic E-state index is 11.0. The Morgan fingerprint density at radius 2 is 2.00 bits per heavy atom. The quantitative estimate of drug-likeness (QED) is 0.686. The third-order valence-electron chi connectivity index (χ3n) is 3.35. The van der Waals surface area contributed by atoms with Crippen LogP contribution in [0.25, 0.3) is 0 Å². The molecule has 0 aromatic rings. The molecule has 2 rings (SSSR count). The SMILES string of the molecule is O=C(O)C1=CCC(C(=O)O)CC1B1CC1. The number of hydrogen-bond acceptors (Lipinski definition) is 2. The third kappa shape index (κ3) is 2.06. The minimum atomic E-state index is -0.879. The fourth-order valence-electron chi connectivity index (χ4n) is 2.34. The second-order valence-corrected chi connectivity index (χ2v) is 4.42. The average molecular weight is 208 g/mol. The highest BCUT2D eigenvalue weighted by atomic mass is 16.4. The van der Waals surface area contributed by atoms with Gasteiger partial charge in [-0.2, -0.15) is 0 Å². The van der Waals surface area contributed by atoms with Crippen LogP contribution < -0.4 is 0 Å². The zero-order valence-corrected chi connectivity index (χ0v) is 8.35. The molecule has 2 aliphatic rings. The van der Waals surface area contributed by atoms with Crippen molar-refractivity contribution in [2.45, 2.75) is 31.3 Å². The highest BCUT2D eigenvalue weighted by molar-refractivity contribution is 6.72. The minimum absolute atomic E-state index is 0.0302. The zero-order chi connectivity index (χ0) is 11.0. The molecule has 0 bridgehead atoms. The second-order valence-electron chi connectivity index (χ2n) is 4.42. The average Bonchev–Trinajstić information content (AvgIpc) is 2.99. The van der Waals surface area contributed by atoms with Crippen LogP contribution in [0.5, 0.6) is 0 Å². The summed E-state index contributed by atoms with van der Waals surface area (Å²) >= 11 is 0. The molecule has 0 saturated carbocycles. The van der Waals surface area contributed by atoms with E-state index in [1.165, 1.54) is 0 Å². The number of aliphatic carboxylic acids is 2. The van der Waals surface area contributed by atoms with E-state index in [1.54, 1.807) is 6.08 Å². The Bertz CT molecular complexity index is 332. The number of hydrogen-bond donors (Lipinski definition) is 2. The highest BCUT2D eigenvalue weighted by Crippen LogP contribution is 2.45. The first-order valence-corrected chi connectivity index (χ1v) is 5.25. The summed E-state index contributed by atoms with van der Waals surface area (Å²) in [5.41, 5.74) is 0.440. The zero-order valence-electron chi connectivity index (χ0n) is 8.35. The maximum absolute atomic E-state index is 11.0. The van der Waals surface area contributed by atoms with E-state index in [2.05, 4.69) is 0 Å². The first-order chi connectivity index (χ1) is 7.09. The monoisotopic (exact) mass is 208 g/mol. The summed E-state index contributed by atoms with van der Waals surface area (Å²) in [7, 11) is 0. The predicted molar refractivity (Wildman–Crippen MR) is 55.2 cm³/mol. The van der Waals surface area contributed by atoms with E-state index in [4.69, 9.17) is 10.2 Å². The fourth-order valence-corrected chi connectivity index (χ4v) is 2.34. The molecule has 0 aromatic heterocycles. The van der Waals surface area contributed by atoms with E-state index in [9.17, 15) is 9.59 Å². The van der Waals surface area contributed by atoms with Gasteiger partial charge in [0, 0.05) is 5.57 Å². The van der Waals surface area contributed by atoms with Gasteiger partial charge in [0.25, 0.3) is 0 Å². The smallest absolute Gasteiger partial charge is 0.330 e. The Hall–Kier alpha value is -1.26. The summed E-state index contributed by atoms with van der Waals surface area (Å²) in [6.07, 6.45) is 4.55. The highest BCUT2D eigenvalue weighted by Gasteiger charge is 2.43. The van der Waals surface area contributed by atoms with Crippen molar-refractivity contribution < 1.29 is 19.8 Å². The molecule has 4 nitrogen and oxygen atoms in total. The molecular weight excluding hydrogens is 195 g/mol. The number of allylic oxidation sites excluding steroid dienone is 1. The fraction of sp³-hybridized carbons (Fsp3) is 0.600. The number of rotatable bonds is 3. The first-order valence-electron chi connectivity index (χ1n) is 5.25. The second kappa shape index (κ2) is 3.72. The van der Waals surface area contributed by atoms with Gasteiger partial charge in [-0.15, -0.1) is 0 Å². The molecule has 0 spiro atoms. The Labute approximate surface area is 88.1 Å². The Balaban J connectivity index is 2.16. The number of carboxylic acid groups (broad SMARTS) is 2. The lowest BCUT2D eigenvalue weighted by Gasteiger charge is -2.25. The van der Waals surface area contributed by atoms with E-state index in [1.807, 2.05) is 0 Å². The van der Waals surface area contributed by atoms with E-state index >= 15 is 0 Å². The lowest BCUT2D eigenvalue weighted by atomic mass is 9.51. The van der Waals surface area contributed by atoms with Gasteiger partial charge in [0.2, 0.25) is 0 Å². The van der Waals surface area contributed by atoms with Crippen LogP contribution in [-0.4, -0.2) is 28.9 Å². The van der Waals surface area contributed by atoms with E-state index < -0.39 is 17.9 Å². The van der Waals surface area contributed by atoms with Crippen LogP contribution >= 0.6 is 0 Å². The normalized spacial score (nSPS) is 29.6. The Kier molecular flexibility index (Phi) is 2.55. The van der Waals surface area contributed by atoms with Gasteiger partial charge >= 0.3 is 11.9 Å². The molecular formula is C10H13BO4. The Morgan fingerprint density at radius 3 is 2.47 bits per heavy atom. The largest absolute Gasteiger partial charge is 0.481 e. The molecule has 0 amide bonds. The molecule has 15 heavy (non-hydrogen) atoms. The summed E-state index contributed by atoms with van der Waals surface area (Å²) in [4.78, 5) is 21.8. The van der Waals surface area contributed by atoms with Gasteiger partial charge in [-0.1, -0.05) is 18.7 Å². The lowest BCUT2D eigenvalue weighted by Crippen LogP contribution is -2.26. The molecule has 2 atom stereocenters. The summed E-state index contributed by atoms with van der Waals surface area (Å²) < 4.78 is 0. The van der Waals surface area contributed by atoms with Crippen molar-refractivity contribution >= 4 is 18.7 Å². The summed E-state index contributed by atoms with van der Waals surface area (Å²) in [6, 6.07) is 0. The van der Waals surface area contributed by atoms with Crippen LogP contribution in [0.2, 0.25) is 18.5 Å². The summed E-state index contributed by atoms with van der Waals surface area (Å²) in [5, 5.41) is 17.9. The molecule has 5 heteroatoms. The number of carboxylic acids is 2. The van der Waals surface area contributed by atoms with Crippen LogP contribution in [0.1, 0.15) is 12.8 Å². The van der Waals surface area contributed by atoms with Crippen LogP contribution in [0.3, 0.4) is 0 Å². The standard InChI is InChI=1S/C10H13BO4/c12-9(13)6-1-2-7(10(14)15)8(5-6)11-3-4-11/h2,6,8H,1,3-5H2,(H,12,13)(H,14,15). The molecule has 1 fully saturated rings. The van der Waals surface area contributed by atoms with Gasteiger partial charge < -0.3 is 10.2 Å². The summed E-state index contributed by atoms with van der Waals surface area (Å²) in [5.74, 6) is -2.10. The first kappa shape index (κ1) is 10.3. The van der Waals surface area contributed by atoms with Crippen molar-refractivity contribution in [1.29, 1.82) is 0 Å². The van der Waals surface area contributed by atoms with Crippen LogP contribution in [0.15, 0.2) is 11.6 Å². The van der Waals surface area contributed by atoms with Crippen molar-refractivity contribution in [3.8, 4) is 0 Å². The van der Waals surface area contributed by atoms with Gasteiger partial charge in [-0.05, 0) is 18.7 Å². The molecule has 2 N–H and O–H groups in total. The molecule has 1 saturated heterocycles. The van der Waals surface area contributed by atoms with E-state index in [0.29, 0.717) is 25.1 Å². The molecule has 80 valence electrons. The van der Waals surface area contributed by atoms with Gasteiger partial charge in [-0.25, -0.2) is 4.79 Å². The lowest BCUT2D eigenvalue weighted by molar-refractivity contribution is -0.142. The molecule has 0 radical (unpaired) electrons. The van der Waals surface area contributed by atoms with E-state index in [-0.39, 0.29) is 5.82 Å². The van der Waals surface area contributed by atoms with Crippen molar-refractivity contribution in [3.63, 3.8) is 0 Å². The Morgan fingerprint density at radius 1 is 1.33 bits per heavy atom.